The molecule has 0 unspecified atom stereocenters. The van der Waals surface area contributed by atoms with Gasteiger partial charge in [0.25, 0.3) is 0 Å². The van der Waals surface area contributed by atoms with Crippen LogP contribution in [0.1, 0.15) is 19.5 Å². The Labute approximate surface area is 90.8 Å². The predicted octanol–water partition coefficient (Wildman–Crippen LogP) is 2.82. The van der Waals surface area contributed by atoms with E-state index < -0.39 is 0 Å². The van der Waals surface area contributed by atoms with E-state index in [9.17, 15) is 0 Å². The highest BCUT2D eigenvalue weighted by molar-refractivity contribution is 5.56. The van der Waals surface area contributed by atoms with Crippen molar-refractivity contribution in [2.75, 3.05) is 0 Å². The van der Waals surface area contributed by atoms with Crippen molar-refractivity contribution in [1.29, 1.82) is 0 Å². The Balaban J connectivity index is 0.000000531. The fourth-order valence-electron chi connectivity index (χ4n) is 1.19. The van der Waals surface area contributed by atoms with Crippen LogP contribution >= 0.6 is 0 Å². The van der Waals surface area contributed by atoms with E-state index in [1.165, 1.54) is 0 Å². The van der Waals surface area contributed by atoms with Gasteiger partial charge in [0.15, 0.2) is 0 Å². The molecule has 0 fully saturated rings. The largest absolute Gasteiger partial charge is 0.275 e. The molecule has 2 rings (SSSR count). The van der Waals surface area contributed by atoms with Gasteiger partial charge in [0.2, 0.25) is 0 Å². The van der Waals surface area contributed by atoms with E-state index in [0.29, 0.717) is 0 Å². The van der Waals surface area contributed by atoms with E-state index in [4.69, 9.17) is 0 Å². The summed E-state index contributed by atoms with van der Waals surface area (Å²) in [4.78, 5) is 4.22. The zero-order valence-corrected chi connectivity index (χ0v) is 9.73. The van der Waals surface area contributed by atoms with Gasteiger partial charge in [-0.1, -0.05) is 13.8 Å². The highest BCUT2D eigenvalue weighted by atomic mass is 15.2. The van der Waals surface area contributed by atoms with Crippen LogP contribution in [0.15, 0.2) is 30.6 Å². The summed E-state index contributed by atoms with van der Waals surface area (Å²) < 4.78 is 1.79. The van der Waals surface area contributed by atoms with Crippen molar-refractivity contribution in [3.05, 3.63) is 36.3 Å². The topological polar surface area (TPSA) is 30.7 Å². The Morgan fingerprint density at radius 1 is 1.13 bits per heavy atom. The monoisotopic (exact) mass is 203 g/mol. The summed E-state index contributed by atoms with van der Waals surface area (Å²) in [7, 11) is 1.91. The molecule has 0 atom stereocenters. The molecule has 0 amide bonds. The second-order valence-corrected chi connectivity index (χ2v) is 3.06. The summed E-state index contributed by atoms with van der Waals surface area (Å²) in [5.74, 6) is 0. The van der Waals surface area contributed by atoms with Crippen LogP contribution in [0.5, 0.6) is 0 Å². The van der Waals surface area contributed by atoms with Gasteiger partial charge in [0.05, 0.1) is 5.69 Å². The Morgan fingerprint density at radius 2 is 1.87 bits per heavy atom. The number of rotatable bonds is 1. The lowest BCUT2D eigenvalue weighted by Gasteiger charge is -1.95. The SMILES string of the molecule is CC.Cc1ccc(-c2ccn(C)n2)cn1. The van der Waals surface area contributed by atoms with Crippen LogP contribution in [0.4, 0.5) is 0 Å². The minimum absolute atomic E-state index is 0.968. The Morgan fingerprint density at radius 3 is 2.33 bits per heavy atom. The molecule has 0 aromatic carbocycles. The molecule has 0 aliphatic heterocycles. The normalized spacial score (nSPS) is 9.33. The minimum Gasteiger partial charge on any atom is -0.275 e. The fraction of sp³-hybridized carbons (Fsp3) is 0.333. The maximum absolute atomic E-state index is 4.29. The smallest absolute Gasteiger partial charge is 0.0938 e. The van der Waals surface area contributed by atoms with E-state index in [1.807, 2.05) is 58.4 Å². The lowest BCUT2D eigenvalue weighted by Crippen LogP contribution is -1.88. The number of aryl methyl sites for hydroxylation is 2. The van der Waals surface area contributed by atoms with Crippen LogP contribution in [0.3, 0.4) is 0 Å². The molecule has 3 nitrogen and oxygen atoms in total. The summed E-state index contributed by atoms with van der Waals surface area (Å²) in [6.07, 6.45) is 3.77. The average Bonchev–Trinajstić information content (AvgIpc) is 2.69. The van der Waals surface area contributed by atoms with E-state index in [0.717, 1.165) is 17.0 Å². The molecule has 2 heterocycles. The summed E-state index contributed by atoms with van der Waals surface area (Å²) in [6.45, 7) is 5.97. The molecule has 2 aromatic rings. The van der Waals surface area contributed by atoms with Gasteiger partial charge in [0, 0.05) is 30.7 Å². The van der Waals surface area contributed by atoms with Gasteiger partial charge in [-0.15, -0.1) is 0 Å². The first-order valence-electron chi connectivity index (χ1n) is 5.18. The third-order valence-electron chi connectivity index (χ3n) is 1.92. The molecule has 15 heavy (non-hydrogen) atoms. The molecule has 0 saturated heterocycles. The van der Waals surface area contributed by atoms with Gasteiger partial charge < -0.3 is 0 Å². The Bertz CT molecular complexity index is 401. The zero-order valence-electron chi connectivity index (χ0n) is 9.73. The standard InChI is InChI=1S/C10H11N3.C2H6/c1-8-3-4-9(7-11-8)10-5-6-13(2)12-10;1-2/h3-7H,1-2H3;1-2H3. The van der Waals surface area contributed by atoms with Gasteiger partial charge in [-0.05, 0) is 25.1 Å². The second kappa shape index (κ2) is 5.29. The van der Waals surface area contributed by atoms with Gasteiger partial charge in [-0.3, -0.25) is 9.67 Å². The lowest BCUT2D eigenvalue weighted by molar-refractivity contribution is 0.771. The van der Waals surface area contributed by atoms with E-state index in [2.05, 4.69) is 10.1 Å². The van der Waals surface area contributed by atoms with E-state index in [-0.39, 0.29) is 0 Å². The fourth-order valence-corrected chi connectivity index (χ4v) is 1.19. The van der Waals surface area contributed by atoms with Crippen LogP contribution in [0.2, 0.25) is 0 Å². The number of nitrogens with zero attached hydrogens (tertiary/aromatic N) is 3. The first kappa shape index (κ1) is 11.4. The van der Waals surface area contributed by atoms with E-state index >= 15 is 0 Å². The lowest BCUT2D eigenvalue weighted by atomic mass is 10.2. The average molecular weight is 203 g/mol. The molecule has 0 aliphatic rings. The summed E-state index contributed by atoms with van der Waals surface area (Å²) >= 11 is 0. The summed E-state index contributed by atoms with van der Waals surface area (Å²) in [6, 6.07) is 6.00. The molecular formula is C12H17N3. The van der Waals surface area contributed by atoms with E-state index in [1.54, 1.807) is 4.68 Å². The van der Waals surface area contributed by atoms with Crippen LogP contribution < -0.4 is 0 Å². The van der Waals surface area contributed by atoms with Crippen LogP contribution in [-0.2, 0) is 7.05 Å². The molecule has 0 bridgehead atoms. The highest BCUT2D eigenvalue weighted by Crippen LogP contribution is 2.14. The van der Waals surface area contributed by atoms with Crippen LogP contribution in [0, 0.1) is 6.92 Å². The first-order valence-corrected chi connectivity index (χ1v) is 5.18. The maximum Gasteiger partial charge on any atom is 0.0938 e. The van der Waals surface area contributed by atoms with Crippen molar-refractivity contribution < 1.29 is 0 Å². The minimum atomic E-state index is 0.968. The van der Waals surface area contributed by atoms with Crippen LogP contribution in [0.25, 0.3) is 11.3 Å². The molecular weight excluding hydrogens is 186 g/mol. The second-order valence-electron chi connectivity index (χ2n) is 3.06. The van der Waals surface area contributed by atoms with Crippen molar-refractivity contribution in [1.82, 2.24) is 14.8 Å². The van der Waals surface area contributed by atoms with Gasteiger partial charge in [0.1, 0.15) is 0 Å². The number of aromatic nitrogens is 3. The zero-order chi connectivity index (χ0) is 11.3. The molecule has 0 spiro atoms. The van der Waals surface area contributed by atoms with Gasteiger partial charge in [-0.25, -0.2) is 0 Å². The van der Waals surface area contributed by atoms with Crippen LogP contribution in [-0.4, -0.2) is 14.8 Å². The molecule has 0 saturated carbocycles. The van der Waals surface area contributed by atoms with Crippen molar-refractivity contribution in [3.8, 4) is 11.3 Å². The summed E-state index contributed by atoms with van der Waals surface area (Å²) in [5.41, 5.74) is 3.06. The molecule has 0 radical (unpaired) electrons. The molecule has 0 N–H and O–H groups in total. The number of hydrogen-bond donors (Lipinski definition) is 0. The third-order valence-corrected chi connectivity index (χ3v) is 1.92. The third kappa shape index (κ3) is 2.91. The maximum atomic E-state index is 4.29. The summed E-state index contributed by atoms with van der Waals surface area (Å²) in [5, 5.41) is 4.29. The van der Waals surface area contributed by atoms with Crippen molar-refractivity contribution in [3.63, 3.8) is 0 Å². The highest BCUT2D eigenvalue weighted by Gasteiger charge is 1.99. The van der Waals surface area contributed by atoms with Gasteiger partial charge >= 0.3 is 0 Å². The number of hydrogen-bond acceptors (Lipinski definition) is 2. The van der Waals surface area contributed by atoms with Crippen molar-refractivity contribution in [2.24, 2.45) is 7.05 Å². The molecule has 0 aliphatic carbocycles. The molecule has 3 heteroatoms. The molecule has 2 aromatic heterocycles. The predicted molar refractivity (Wildman–Crippen MR) is 62.5 cm³/mol. The number of pyridine rings is 1. The first-order chi connectivity index (χ1) is 7.25. The van der Waals surface area contributed by atoms with Gasteiger partial charge in [-0.2, -0.15) is 5.10 Å². The van der Waals surface area contributed by atoms with Crippen molar-refractivity contribution in [2.45, 2.75) is 20.8 Å². The van der Waals surface area contributed by atoms with Crippen molar-refractivity contribution >= 4 is 0 Å². The Kier molecular flexibility index (Phi) is 4.03. The Hall–Kier alpha value is -1.64. The molecule has 80 valence electrons. The quantitative estimate of drug-likeness (QED) is 0.713.